The van der Waals surface area contributed by atoms with Gasteiger partial charge in [-0.15, -0.1) is 0 Å². The number of H-pyrrole nitrogens is 1. The van der Waals surface area contributed by atoms with E-state index in [9.17, 15) is 18.7 Å². The maximum Gasteiger partial charge on any atom is 0.335 e. The minimum absolute atomic E-state index is 0.00107. The molecule has 1 aromatic carbocycles. The number of carboxylic acids is 1. The Kier molecular flexibility index (Phi) is 4.97. The van der Waals surface area contributed by atoms with Crippen molar-refractivity contribution < 1.29 is 23.4 Å². The van der Waals surface area contributed by atoms with Crippen molar-refractivity contribution in [2.24, 2.45) is 0 Å². The standard InChI is InChI=1S/C24H24F2N4O3/c1-12(2)21-19(13-6-7-24(10-13,33-3)23(31)32)20-18(8-14-11-27-29-22(14)28-20)30(21)15-4-5-16(25)17(26)9-15/h4-5,8-9,11-13H,6-7,10H2,1-3H3,(H,31,32)(H,27,28,29)/t13?,24-/m0/s1. The van der Waals surface area contributed by atoms with Crippen LogP contribution in [0.4, 0.5) is 8.78 Å². The zero-order valence-corrected chi connectivity index (χ0v) is 18.5. The van der Waals surface area contributed by atoms with Gasteiger partial charge in [0.05, 0.1) is 17.2 Å². The lowest BCUT2D eigenvalue weighted by Gasteiger charge is -2.23. The molecule has 2 atom stereocenters. The fourth-order valence-electron chi connectivity index (χ4n) is 5.21. The topological polar surface area (TPSA) is 93.0 Å². The van der Waals surface area contributed by atoms with Gasteiger partial charge in [0.15, 0.2) is 22.9 Å². The molecule has 0 aliphatic heterocycles. The molecule has 5 rings (SSSR count). The third kappa shape index (κ3) is 3.21. The number of hydrogen-bond acceptors (Lipinski definition) is 4. The minimum Gasteiger partial charge on any atom is -0.479 e. The number of carbonyl (C=O) groups is 1. The maximum atomic E-state index is 14.2. The molecule has 172 valence electrons. The summed E-state index contributed by atoms with van der Waals surface area (Å²) >= 11 is 0. The fourth-order valence-corrected chi connectivity index (χ4v) is 5.21. The largest absolute Gasteiger partial charge is 0.479 e. The summed E-state index contributed by atoms with van der Waals surface area (Å²) in [5, 5.41) is 17.6. The molecule has 4 aromatic rings. The van der Waals surface area contributed by atoms with Gasteiger partial charge in [-0.2, -0.15) is 5.10 Å². The summed E-state index contributed by atoms with van der Waals surface area (Å²) in [5.74, 6) is -2.96. The van der Waals surface area contributed by atoms with Gasteiger partial charge < -0.3 is 14.4 Å². The second kappa shape index (κ2) is 7.62. The first-order valence-corrected chi connectivity index (χ1v) is 10.9. The van der Waals surface area contributed by atoms with Crippen molar-refractivity contribution in [1.29, 1.82) is 0 Å². The zero-order chi connectivity index (χ0) is 23.5. The molecule has 33 heavy (non-hydrogen) atoms. The molecule has 0 bridgehead atoms. The summed E-state index contributed by atoms with van der Waals surface area (Å²) in [5.41, 5.74) is 3.07. The lowest BCUT2D eigenvalue weighted by atomic mass is 9.90. The molecule has 2 N–H and O–H groups in total. The second-order valence-corrected chi connectivity index (χ2v) is 8.99. The van der Waals surface area contributed by atoms with Crippen LogP contribution in [0.3, 0.4) is 0 Å². The van der Waals surface area contributed by atoms with E-state index >= 15 is 0 Å². The number of hydrogen-bond donors (Lipinski definition) is 2. The monoisotopic (exact) mass is 454 g/mol. The number of carboxylic acid groups (broad SMARTS) is 1. The van der Waals surface area contributed by atoms with Gasteiger partial charge in [0, 0.05) is 35.5 Å². The Morgan fingerprint density at radius 1 is 1.30 bits per heavy atom. The molecule has 1 saturated carbocycles. The van der Waals surface area contributed by atoms with E-state index in [1.165, 1.54) is 13.2 Å². The SMILES string of the molecule is CO[C@@]1(C(=O)O)CCC(c2c(C(C)C)n(-c3ccc(F)c(F)c3)c3cc4cn[nH]c4nc23)C1. The van der Waals surface area contributed by atoms with Crippen LogP contribution >= 0.6 is 0 Å². The number of pyridine rings is 1. The van der Waals surface area contributed by atoms with Crippen LogP contribution in [0, 0.1) is 11.6 Å². The van der Waals surface area contributed by atoms with Crippen LogP contribution < -0.4 is 0 Å². The van der Waals surface area contributed by atoms with Gasteiger partial charge in [-0.25, -0.2) is 18.6 Å². The third-order valence-corrected chi connectivity index (χ3v) is 6.79. The number of ether oxygens (including phenoxy) is 1. The summed E-state index contributed by atoms with van der Waals surface area (Å²) in [4.78, 5) is 16.8. The molecular formula is C24H24F2N4O3. The number of aliphatic carboxylic acids is 1. The highest BCUT2D eigenvalue weighted by atomic mass is 19.2. The van der Waals surface area contributed by atoms with Crippen LogP contribution in [0.15, 0.2) is 30.5 Å². The zero-order valence-electron chi connectivity index (χ0n) is 18.5. The van der Waals surface area contributed by atoms with E-state index in [0.717, 1.165) is 28.2 Å². The second-order valence-electron chi connectivity index (χ2n) is 8.99. The first-order chi connectivity index (χ1) is 15.8. The summed E-state index contributed by atoms with van der Waals surface area (Å²) in [6, 6.07) is 5.75. The minimum atomic E-state index is -1.26. The van der Waals surface area contributed by atoms with Gasteiger partial charge in [0.1, 0.15) is 0 Å². The normalized spacial score (nSPS) is 21.0. The van der Waals surface area contributed by atoms with Crippen LogP contribution in [0.5, 0.6) is 0 Å². The summed E-state index contributed by atoms with van der Waals surface area (Å²) < 4.78 is 35.3. The molecule has 0 saturated heterocycles. The highest BCUT2D eigenvalue weighted by molar-refractivity contribution is 5.94. The third-order valence-electron chi connectivity index (χ3n) is 6.79. The number of nitrogens with one attached hydrogen (secondary N) is 1. The highest BCUT2D eigenvalue weighted by Gasteiger charge is 2.48. The van der Waals surface area contributed by atoms with Crippen LogP contribution in [-0.2, 0) is 9.53 Å². The number of aromatic nitrogens is 4. The molecule has 0 spiro atoms. The van der Waals surface area contributed by atoms with Crippen molar-refractivity contribution in [3.8, 4) is 5.69 Å². The maximum absolute atomic E-state index is 14.2. The highest BCUT2D eigenvalue weighted by Crippen LogP contribution is 2.48. The molecule has 1 aliphatic carbocycles. The molecule has 0 radical (unpaired) electrons. The van der Waals surface area contributed by atoms with Crippen molar-refractivity contribution in [2.45, 2.75) is 50.5 Å². The van der Waals surface area contributed by atoms with Crippen molar-refractivity contribution in [1.82, 2.24) is 19.7 Å². The Morgan fingerprint density at radius 3 is 2.73 bits per heavy atom. The van der Waals surface area contributed by atoms with Gasteiger partial charge >= 0.3 is 5.97 Å². The van der Waals surface area contributed by atoms with E-state index < -0.39 is 23.2 Å². The van der Waals surface area contributed by atoms with Gasteiger partial charge in [-0.05, 0) is 49.3 Å². The number of fused-ring (bicyclic) bond motifs is 2. The van der Waals surface area contributed by atoms with Gasteiger partial charge in [0.25, 0.3) is 0 Å². The lowest BCUT2D eigenvalue weighted by molar-refractivity contribution is -0.161. The average Bonchev–Trinajstić information content (AvgIpc) is 3.49. The molecule has 3 aromatic heterocycles. The average molecular weight is 454 g/mol. The Balaban J connectivity index is 1.82. The van der Waals surface area contributed by atoms with Crippen LogP contribution in [0.2, 0.25) is 0 Å². The number of methoxy groups -OCH3 is 1. The van der Waals surface area contributed by atoms with E-state index in [1.807, 2.05) is 24.5 Å². The van der Waals surface area contributed by atoms with E-state index in [1.54, 1.807) is 12.3 Å². The molecule has 0 amide bonds. The summed E-state index contributed by atoms with van der Waals surface area (Å²) in [6.45, 7) is 4.05. The predicted molar refractivity (Wildman–Crippen MR) is 119 cm³/mol. The summed E-state index contributed by atoms with van der Waals surface area (Å²) in [7, 11) is 1.43. The Morgan fingerprint density at radius 2 is 2.09 bits per heavy atom. The first-order valence-electron chi connectivity index (χ1n) is 10.9. The number of halogens is 2. The Bertz CT molecular complexity index is 1390. The number of benzene rings is 1. The van der Waals surface area contributed by atoms with Crippen molar-refractivity contribution in [3.05, 3.63) is 53.4 Å². The molecule has 1 aliphatic rings. The van der Waals surface area contributed by atoms with E-state index in [2.05, 4.69) is 10.2 Å². The molecule has 7 nitrogen and oxygen atoms in total. The van der Waals surface area contributed by atoms with E-state index in [0.29, 0.717) is 36.1 Å². The molecule has 1 fully saturated rings. The number of aromatic amines is 1. The predicted octanol–water partition coefficient (Wildman–Crippen LogP) is 5.04. The van der Waals surface area contributed by atoms with Crippen LogP contribution in [0.25, 0.3) is 27.8 Å². The number of rotatable bonds is 5. The first kappa shape index (κ1) is 21.5. The lowest BCUT2D eigenvalue weighted by Crippen LogP contribution is -2.37. The molecular weight excluding hydrogens is 430 g/mol. The Hall–Kier alpha value is -3.33. The van der Waals surface area contributed by atoms with Crippen molar-refractivity contribution >= 4 is 28.0 Å². The van der Waals surface area contributed by atoms with Gasteiger partial charge in [0.2, 0.25) is 0 Å². The van der Waals surface area contributed by atoms with Gasteiger partial charge in [-0.3, -0.25) is 5.10 Å². The van der Waals surface area contributed by atoms with Gasteiger partial charge in [-0.1, -0.05) is 13.8 Å². The Labute approximate surface area is 188 Å². The summed E-state index contributed by atoms with van der Waals surface area (Å²) in [6.07, 6.45) is 2.96. The van der Waals surface area contributed by atoms with Crippen molar-refractivity contribution in [3.63, 3.8) is 0 Å². The fraction of sp³-hybridized carbons (Fsp3) is 0.375. The molecule has 1 unspecified atom stereocenters. The number of nitrogens with zero attached hydrogens (tertiary/aromatic N) is 3. The smallest absolute Gasteiger partial charge is 0.335 e. The molecule has 9 heteroatoms. The quantitative estimate of drug-likeness (QED) is 0.441. The van der Waals surface area contributed by atoms with Crippen LogP contribution in [0.1, 0.15) is 56.2 Å². The van der Waals surface area contributed by atoms with E-state index in [4.69, 9.17) is 9.72 Å². The van der Waals surface area contributed by atoms with Crippen LogP contribution in [-0.4, -0.2) is 43.5 Å². The molecule has 3 heterocycles. The van der Waals surface area contributed by atoms with E-state index in [-0.39, 0.29) is 11.8 Å². The van der Waals surface area contributed by atoms with Crippen molar-refractivity contribution in [2.75, 3.05) is 7.11 Å².